The van der Waals surface area contributed by atoms with Gasteiger partial charge in [-0.25, -0.2) is 9.97 Å². The highest BCUT2D eigenvalue weighted by atomic mass is 79.9. The molecule has 0 spiro atoms. The summed E-state index contributed by atoms with van der Waals surface area (Å²) in [5.74, 6) is 0.980. The van der Waals surface area contributed by atoms with Crippen molar-refractivity contribution < 1.29 is 4.79 Å². The van der Waals surface area contributed by atoms with Crippen LogP contribution in [0.15, 0.2) is 17.0 Å². The smallest absolute Gasteiger partial charge is 0.225 e. The average Bonchev–Trinajstić information content (AvgIpc) is 2.37. The number of aromatic nitrogens is 2. The molecular formula is C12H19BrN4O. The van der Waals surface area contributed by atoms with Crippen LogP contribution in [0.25, 0.3) is 0 Å². The van der Waals surface area contributed by atoms with Crippen molar-refractivity contribution in [1.82, 2.24) is 9.97 Å². The number of carbonyl (C=O) groups is 1. The lowest BCUT2D eigenvalue weighted by Crippen LogP contribution is -2.15. The van der Waals surface area contributed by atoms with Crippen molar-refractivity contribution in [3.63, 3.8) is 0 Å². The quantitative estimate of drug-likeness (QED) is 0.809. The summed E-state index contributed by atoms with van der Waals surface area (Å²) in [7, 11) is 0. The number of nitrogens with zero attached hydrogens (tertiary/aromatic N) is 2. The zero-order valence-corrected chi connectivity index (χ0v) is 12.1. The number of anilines is 1. The van der Waals surface area contributed by atoms with Crippen molar-refractivity contribution in [1.29, 1.82) is 0 Å². The Morgan fingerprint density at radius 1 is 1.44 bits per heavy atom. The van der Waals surface area contributed by atoms with Gasteiger partial charge in [0.15, 0.2) is 5.82 Å². The predicted octanol–water partition coefficient (Wildman–Crippen LogP) is 2.33. The third kappa shape index (κ3) is 5.55. The lowest BCUT2D eigenvalue weighted by atomic mass is 9.96. The molecule has 1 heterocycles. The van der Waals surface area contributed by atoms with Gasteiger partial charge in [-0.1, -0.05) is 13.3 Å². The van der Waals surface area contributed by atoms with Crippen LogP contribution < -0.4 is 11.1 Å². The van der Waals surface area contributed by atoms with Crippen LogP contribution in [0.3, 0.4) is 0 Å². The molecule has 0 radical (unpaired) electrons. The first-order chi connectivity index (χ1) is 8.65. The minimum Gasteiger partial charge on any atom is -0.330 e. The molecule has 3 N–H and O–H groups in total. The molecule has 5 nitrogen and oxygen atoms in total. The van der Waals surface area contributed by atoms with Crippen LogP contribution in [-0.4, -0.2) is 22.4 Å². The first-order valence-corrected chi connectivity index (χ1v) is 6.92. The SMILES string of the molecule is CCC(CCN)CCC(=O)Nc1cnc(Br)cn1. The number of amides is 1. The summed E-state index contributed by atoms with van der Waals surface area (Å²) >= 11 is 3.19. The van der Waals surface area contributed by atoms with Crippen molar-refractivity contribution >= 4 is 27.7 Å². The zero-order valence-electron chi connectivity index (χ0n) is 10.5. The molecule has 100 valence electrons. The third-order valence-electron chi connectivity index (χ3n) is 2.82. The van der Waals surface area contributed by atoms with Gasteiger partial charge in [0, 0.05) is 6.42 Å². The second-order valence-corrected chi connectivity index (χ2v) is 4.98. The van der Waals surface area contributed by atoms with Gasteiger partial charge in [-0.05, 0) is 41.2 Å². The van der Waals surface area contributed by atoms with E-state index in [1.165, 1.54) is 6.20 Å². The van der Waals surface area contributed by atoms with Crippen molar-refractivity contribution in [3.05, 3.63) is 17.0 Å². The Labute approximate surface area is 116 Å². The summed E-state index contributed by atoms with van der Waals surface area (Å²) in [6.07, 6.45) is 6.47. The van der Waals surface area contributed by atoms with Crippen LogP contribution in [0, 0.1) is 5.92 Å². The van der Waals surface area contributed by atoms with E-state index in [0.29, 0.717) is 29.3 Å². The molecule has 0 aromatic carbocycles. The average molecular weight is 315 g/mol. The first-order valence-electron chi connectivity index (χ1n) is 6.13. The van der Waals surface area contributed by atoms with Gasteiger partial charge < -0.3 is 11.1 Å². The Hall–Kier alpha value is -1.01. The number of nitrogens with one attached hydrogen (secondary N) is 1. The van der Waals surface area contributed by atoms with Gasteiger partial charge in [0.05, 0.1) is 12.4 Å². The van der Waals surface area contributed by atoms with Crippen molar-refractivity contribution in [2.45, 2.75) is 32.6 Å². The van der Waals surface area contributed by atoms with Gasteiger partial charge in [-0.3, -0.25) is 4.79 Å². The number of hydrogen-bond donors (Lipinski definition) is 2. The number of rotatable bonds is 7. The molecule has 1 rings (SSSR count). The zero-order chi connectivity index (χ0) is 13.4. The summed E-state index contributed by atoms with van der Waals surface area (Å²) in [5, 5.41) is 2.73. The molecule has 1 aromatic rings. The van der Waals surface area contributed by atoms with Crippen molar-refractivity contribution in [2.75, 3.05) is 11.9 Å². The molecular weight excluding hydrogens is 296 g/mol. The molecule has 18 heavy (non-hydrogen) atoms. The topological polar surface area (TPSA) is 80.9 Å². The maximum Gasteiger partial charge on any atom is 0.225 e. The Morgan fingerprint density at radius 2 is 2.22 bits per heavy atom. The summed E-state index contributed by atoms with van der Waals surface area (Å²) in [5.41, 5.74) is 5.53. The van der Waals surface area contributed by atoms with Gasteiger partial charge in [0.1, 0.15) is 4.60 Å². The van der Waals surface area contributed by atoms with Crippen molar-refractivity contribution in [3.8, 4) is 0 Å². The van der Waals surface area contributed by atoms with Gasteiger partial charge >= 0.3 is 0 Å². The largest absolute Gasteiger partial charge is 0.330 e. The molecule has 0 aliphatic heterocycles. The van der Waals surface area contributed by atoms with Crippen LogP contribution in [0.2, 0.25) is 0 Å². The second-order valence-electron chi connectivity index (χ2n) is 4.16. The molecule has 0 saturated heterocycles. The lowest BCUT2D eigenvalue weighted by Gasteiger charge is -2.12. The van der Waals surface area contributed by atoms with Crippen LogP contribution in [0.4, 0.5) is 5.82 Å². The highest BCUT2D eigenvalue weighted by Crippen LogP contribution is 2.15. The monoisotopic (exact) mass is 314 g/mol. The summed E-state index contributed by atoms with van der Waals surface area (Å²) < 4.78 is 0.648. The van der Waals surface area contributed by atoms with Crippen molar-refractivity contribution in [2.24, 2.45) is 11.7 Å². The summed E-state index contributed by atoms with van der Waals surface area (Å²) in [4.78, 5) is 19.7. The van der Waals surface area contributed by atoms with Crippen LogP contribution in [0.1, 0.15) is 32.6 Å². The van der Waals surface area contributed by atoms with E-state index in [-0.39, 0.29) is 5.91 Å². The fourth-order valence-corrected chi connectivity index (χ4v) is 1.91. The maximum absolute atomic E-state index is 11.7. The van der Waals surface area contributed by atoms with Crippen LogP contribution in [0.5, 0.6) is 0 Å². The van der Waals surface area contributed by atoms with Gasteiger partial charge in [-0.2, -0.15) is 0 Å². The number of hydrogen-bond acceptors (Lipinski definition) is 4. The molecule has 0 aliphatic rings. The predicted molar refractivity (Wildman–Crippen MR) is 75.0 cm³/mol. The molecule has 0 fully saturated rings. The molecule has 1 atom stereocenters. The molecule has 1 aromatic heterocycles. The number of halogens is 1. The highest BCUT2D eigenvalue weighted by molar-refractivity contribution is 9.10. The molecule has 0 aliphatic carbocycles. The summed E-state index contributed by atoms with van der Waals surface area (Å²) in [6, 6.07) is 0. The van der Waals surface area contributed by atoms with E-state index in [2.05, 4.69) is 38.1 Å². The standard InChI is InChI=1S/C12H19BrN4O/c1-2-9(5-6-14)3-4-12(18)17-11-8-15-10(13)7-16-11/h7-9H,2-6,14H2,1H3,(H,16,17,18). The van der Waals surface area contributed by atoms with Gasteiger partial charge in [0.25, 0.3) is 0 Å². The summed E-state index contributed by atoms with van der Waals surface area (Å²) in [6.45, 7) is 2.80. The van der Waals surface area contributed by atoms with Gasteiger partial charge in [0.2, 0.25) is 5.91 Å². The Balaban J connectivity index is 2.35. The van der Waals surface area contributed by atoms with E-state index in [4.69, 9.17) is 5.73 Å². The number of nitrogens with two attached hydrogens (primary N) is 1. The first kappa shape index (κ1) is 15.0. The molecule has 1 unspecified atom stereocenters. The number of carbonyl (C=O) groups excluding carboxylic acids is 1. The van der Waals surface area contributed by atoms with E-state index >= 15 is 0 Å². The maximum atomic E-state index is 11.7. The Bertz CT molecular complexity index is 369. The van der Waals surface area contributed by atoms with Crippen LogP contribution >= 0.6 is 15.9 Å². The van der Waals surface area contributed by atoms with E-state index in [9.17, 15) is 4.79 Å². The minimum atomic E-state index is -0.0258. The molecule has 0 bridgehead atoms. The van der Waals surface area contributed by atoms with E-state index in [1.54, 1.807) is 6.20 Å². The third-order valence-corrected chi connectivity index (χ3v) is 3.23. The van der Waals surface area contributed by atoms with Gasteiger partial charge in [-0.15, -0.1) is 0 Å². The molecule has 6 heteroatoms. The Morgan fingerprint density at radius 3 is 2.78 bits per heavy atom. The minimum absolute atomic E-state index is 0.0258. The molecule has 1 amide bonds. The second kappa shape index (κ2) is 8.16. The fraction of sp³-hybridized carbons (Fsp3) is 0.583. The van der Waals surface area contributed by atoms with E-state index in [1.807, 2.05) is 0 Å². The van der Waals surface area contributed by atoms with E-state index < -0.39 is 0 Å². The normalized spacial score (nSPS) is 12.2. The fourth-order valence-electron chi connectivity index (χ4n) is 1.71. The lowest BCUT2D eigenvalue weighted by molar-refractivity contribution is -0.116. The van der Waals surface area contributed by atoms with Crippen LogP contribution in [-0.2, 0) is 4.79 Å². The van der Waals surface area contributed by atoms with E-state index in [0.717, 1.165) is 19.3 Å². The molecule has 0 saturated carbocycles. The Kier molecular flexibility index (Phi) is 6.82. The highest BCUT2D eigenvalue weighted by Gasteiger charge is 2.09.